The van der Waals surface area contributed by atoms with Gasteiger partial charge in [0, 0.05) is 4.88 Å². The molecule has 1 rings (SSSR count). The first-order valence-electron chi connectivity index (χ1n) is 3.82. The molecule has 0 saturated carbocycles. The van der Waals surface area contributed by atoms with Crippen LogP contribution >= 0.6 is 27.3 Å². The minimum absolute atomic E-state index is 0.325. The number of thiophene rings is 1. The predicted molar refractivity (Wildman–Crippen MR) is 55.5 cm³/mol. The lowest BCUT2D eigenvalue weighted by Crippen LogP contribution is -2.11. The lowest BCUT2D eigenvalue weighted by molar-refractivity contribution is 0.171. The van der Waals surface area contributed by atoms with Crippen LogP contribution in [0.2, 0.25) is 0 Å². The number of halogens is 1. The Morgan fingerprint density at radius 2 is 2.42 bits per heavy atom. The zero-order valence-corrected chi connectivity index (χ0v) is 9.28. The standard InChI is InChI=1S/C8H12BrNOS/c1-10-5-4-6(11)7-2-3-8(9)12-7/h2-3,6,10-11H,4-5H2,1H3. The Bertz CT molecular complexity index is 239. The number of hydrogen-bond acceptors (Lipinski definition) is 3. The normalized spacial score (nSPS) is 13.2. The number of nitrogens with one attached hydrogen (secondary N) is 1. The molecule has 1 heterocycles. The molecule has 2 N–H and O–H groups in total. The minimum Gasteiger partial charge on any atom is -0.388 e. The average Bonchev–Trinajstić information content (AvgIpc) is 2.47. The molecule has 1 aromatic rings. The summed E-state index contributed by atoms with van der Waals surface area (Å²) in [7, 11) is 1.89. The van der Waals surface area contributed by atoms with Crippen LogP contribution in [0.15, 0.2) is 15.9 Å². The summed E-state index contributed by atoms with van der Waals surface area (Å²) in [6, 6.07) is 3.91. The largest absolute Gasteiger partial charge is 0.388 e. The van der Waals surface area contributed by atoms with Crippen LogP contribution < -0.4 is 5.32 Å². The van der Waals surface area contributed by atoms with Gasteiger partial charge in [0.1, 0.15) is 0 Å². The van der Waals surface area contributed by atoms with E-state index in [-0.39, 0.29) is 6.10 Å². The van der Waals surface area contributed by atoms with Crippen LogP contribution in [0.4, 0.5) is 0 Å². The summed E-state index contributed by atoms with van der Waals surface area (Å²) in [6.07, 6.45) is 0.442. The van der Waals surface area contributed by atoms with E-state index in [4.69, 9.17) is 0 Å². The second kappa shape index (κ2) is 4.97. The van der Waals surface area contributed by atoms with E-state index in [0.29, 0.717) is 0 Å². The quantitative estimate of drug-likeness (QED) is 0.858. The minimum atomic E-state index is -0.325. The fraction of sp³-hybridized carbons (Fsp3) is 0.500. The van der Waals surface area contributed by atoms with Gasteiger partial charge in [0.15, 0.2) is 0 Å². The summed E-state index contributed by atoms with van der Waals surface area (Å²) in [5.74, 6) is 0. The molecule has 68 valence electrons. The molecule has 1 aromatic heterocycles. The Morgan fingerprint density at radius 1 is 1.67 bits per heavy atom. The molecular weight excluding hydrogens is 238 g/mol. The van der Waals surface area contributed by atoms with Crippen LogP contribution in [0.25, 0.3) is 0 Å². The summed E-state index contributed by atoms with van der Waals surface area (Å²) >= 11 is 4.95. The molecule has 0 saturated heterocycles. The number of aliphatic hydroxyl groups is 1. The maximum absolute atomic E-state index is 9.61. The van der Waals surface area contributed by atoms with Crippen LogP contribution in [-0.4, -0.2) is 18.7 Å². The smallest absolute Gasteiger partial charge is 0.0894 e. The van der Waals surface area contributed by atoms with Crippen LogP contribution in [0.1, 0.15) is 17.4 Å². The Morgan fingerprint density at radius 3 is 2.92 bits per heavy atom. The fourth-order valence-electron chi connectivity index (χ4n) is 0.931. The summed E-state index contributed by atoms with van der Waals surface area (Å²) in [5.41, 5.74) is 0. The molecule has 0 aromatic carbocycles. The van der Waals surface area contributed by atoms with Crippen molar-refractivity contribution >= 4 is 27.3 Å². The molecule has 4 heteroatoms. The van der Waals surface area contributed by atoms with Gasteiger partial charge < -0.3 is 10.4 Å². The highest BCUT2D eigenvalue weighted by Gasteiger charge is 2.08. The molecule has 12 heavy (non-hydrogen) atoms. The van der Waals surface area contributed by atoms with Crippen molar-refractivity contribution in [2.75, 3.05) is 13.6 Å². The van der Waals surface area contributed by atoms with E-state index in [9.17, 15) is 5.11 Å². The van der Waals surface area contributed by atoms with Crippen molar-refractivity contribution in [3.8, 4) is 0 Å². The van der Waals surface area contributed by atoms with Gasteiger partial charge in [-0.15, -0.1) is 11.3 Å². The van der Waals surface area contributed by atoms with Gasteiger partial charge >= 0.3 is 0 Å². The van der Waals surface area contributed by atoms with Crippen molar-refractivity contribution in [3.05, 3.63) is 20.8 Å². The average molecular weight is 250 g/mol. The van der Waals surface area contributed by atoms with Gasteiger partial charge in [-0.1, -0.05) is 0 Å². The van der Waals surface area contributed by atoms with Crippen molar-refractivity contribution < 1.29 is 5.11 Å². The third-order valence-corrected chi connectivity index (χ3v) is 3.32. The van der Waals surface area contributed by atoms with Gasteiger partial charge in [-0.25, -0.2) is 0 Å². The number of hydrogen-bond donors (Lipinski definition) is 2. The molecule has 1 unspecified atom stereocenters. The maximum atomic E-state index is 9.61. The molecular formula is C8H12BrNOS. The number of rotatable bonds is 4. The lowest BCUT2D eigenvalue weighted by Gasteiger charge is -2.06. The maximum Gasteiger partial charge on any atom is 0.0894 e. The Balaban J connectivity index is 2.47. The van der Waals surface area contributed by atoms with E-state index in [2.05, 4.69) is 21.2 Å². The molecule has 0 bridgehead atoms. The van der Waals surface area contributed by atoms with E-state index in [1.165, 1.54) is 0 Å². The van der Waals surface area contributed by atoms with Crippen LogP contribution in [-0.2, 0) is 0 Å². The van der Waals surface area contributed by atoms with Gasteiger partial charge in [-0.05, 0) is 48.1 Å². The van der Waals surface area contributed by atoms with Gasteiger partial charge in [-0.2, -0.15) is 0 Å². The first-order valence-corrected chi connectivity index (χ1v) is 5.43. The summed E-state index contributed by atoms with van der Waals surface area (Å²) in [4.78, 5) is 1.03. The van der Waals surface area contributed by atoms with Crippen LogP contribution in [0.5, 0.6) is 0 Å². The van der Waals surface area contributed by atoms with Crippen molar-refractivity contribution in [2.24, 2.45) is 0 Å². The molecule has 0 aliphatic heterocycles. The first-order chi connectivity index (χ1) is 5.74. The Kier molecular flexibility index (Phi) is 4.21. The summed E-state index contributed by atoms with van der Waals surface area (Å²) in [6.45, 7) is 0.844. The molecule has 0 aliphatic rings. The molecule has 0 spiro atoms. The Labute approximate surface area is 84.7 Å². The molecule has 0 amide bonds. The molecule has 0 fully saturated rings. The second-order valence-corrected chi connectivity index (χ2v) is 5.04. The van der Waals surface area contributed by atoms with Gasteiger partial charge in [-0.3, -0.25) is 0 Å². The topological polar surface area (TPSA) is 32.3 Å². The molecule has 0 radical (unpaired) electrons. The van der Waals surface area contributed by atoms with Crippen molar-refractivity contribution in [1.82, 2.24) is 5.32 Å². The molecule has 1 atom stereocenters. The van der Waals surface area contributed by atoms with E-state index in [1.54, 1.807) is 11.3 Å². The third-order valence-electron chi connectivity index (χ3n) is 1.59. The van der Waals surface area contributed by atoms with Crippen molar-refractivity contribution in [2.45, 2.75) is 12.5 Å². The van der Waals surface area contributed by atoms with Crippen molar-refractivity contribution in [1.29, 1.82) is 0 Å². The monoisotopic (exact) mass is 249 g/mol. The van der Waals surface area contributed by atoms with Crippen molar-refractivity contribution in [3.63, 3.8) is 0 Å². The zero-order chi connectivity index (χ0) is 8.97. The summed E-state index contributed by atoms with van der Waals surface area (Å²) in [5, 5.41) is 12.6. The van der Waals surface area contributed by atoms with Crippen LogP contribution in [0, 0.1) is 0 Å². The Hall–Kier alpha value is 0.1000. The molecule has 2 nitrogen and oxygen atoms in total. The van der Waals surface area contributed by atoms with Gasteiger partial charge in [0.2, 0.25) is 0 Å². The van der Waals surface area contributed by atoms with Gasteiger partial charge in [0.05, 0.1) is 9.89 Å². The highest BCUT2D eigenvalue weighted by Crippen LogP contribution is 2.28. The fourth-order valence-corrected chi connectivity index (χ4v) is 2.37. The third kappa shape index (κ3) is 2.86. The summed E-state index contributed by atoms with van der Waals surface area (Å²) < 4.78 is 1.07. The predicted octanol–water partition coefficient (Wildman–Crippen LogP) is 2.15. The number of aliphatic hydroxyl groups excluding tert-OH is 1. The first kappa shape index (κ1) is 10.2. The SMILES string of the molecule is CNCCC(O)c1ccc(Br)s1. The van der Waals surface area contributed by atoms with E-state index >= 15 is 0 Å². The van der Waals surface area contributed by atoms with E-state index in [0.717, 1.165) is 21.6 Å². The van der Waals surface area contributed by atoms with E-state index in [1.807, 2.05) is 19.2 Å². The second-order valence-electron chi connectivity index (χ2n) is 2.55. The van der Waals surface area contributed by atoms with Crippen LogP contribution in [0.3, 0.4) is 0 Å². The lowest BCUT2D eigenvalue weighted by atomic mass is 10.2. The van der Waals surface area contributed by atoms with E-state index < -0.39 is 0 Å². The zero-order valence-electron chi connectivity index (χ0n) is 6.88. The molecule has 0 aliphatic carbocycles. The van der Waals surface area contributed by atoms with Gasteiger partial charge in [0.25, 0.3) is 0 Å². The highest BCUT2D eigenvalue weighted by molar-refractivity contribution is 9.11. The highest BCUT2D eigenvalue weighted by atomic mass is 79.9.